The molecule has 0 aliphatic rings. The van der Waals surface area contributed by atoms with Crippen molar-refractivity contribution in [3.05, 3.63) is 29.6 Å². The Bertz CT molecular complexity index is 363. The average molecular weight is 221 g/mol. The van der Waals surface area contributed by atoms with Crippen LogP contribution in [-0.4, -0.2) is 23.0 Å². The molecule has 0 radical (unpaired) electrons. The molecule has 0 bridgehead atoms. The fraction of sp³-hybridized carbons (Fsp3) is 0.500. The van der Waals surface area contributed by atoms with E-state index in [1.54, 1.807) is 18.3 Å². The standard InChI is InChI=1S/C12H19N3O/c1-8(13)6-10(3)15-12(16)11-4-5-14-9(2)7-11/h4-5,7-8,10H,6,13H2,1-3H3,(H,15,16). The normalized spacial score (nSPS) is 14.2. The fourth-order valence-electron chi connectivity index (χ4n) is 1.61. The van der Waals surface area contributed by atoms with E-state index in [-0.39, 0.29) is 18.0 Å². The van der Waals surface area contributed by atoms with Gasteiger partial charge in [-0.3, -0.25) is 9.78 Å². The lowest BCUT2D eigenvalue weighted by molar-refractivity contribution is 0.0937. The Balaban J connectivity index is 2.59. The highest BCUT2D eigenvalue weighted by Gasteiger charge is 2.11. The van der Waals surface area contributed by atoms with Crippen LogP contribution >= 0.6 is 0 Å². The molecule has 0 aromatic carbocycles. The molecule has 1 amide bonds. The summed E-state index contributed by atoms with van der Waals surface area (Å²) in [5.41, 5.74) is 7.15. The number of carbonyl (C=O) groups is 1. The number of hydrogen-bond donors (Lipinski definition) is 2. The maximum Gasteiger partial charge on any atom is 0.251 e. The van der Waals surface area contributed by atoms with E-state index in [1.165, 1.54) is 0 Å². The SMILES string of the molecule is Cc1cc(C(=O)NC(C)CC(C)N)ccn1. The van der Waals surface area contributed by atoms with Crippen molar-refractivity contribution in [1.29, 1.82) is 0 Å². The lowest BCUT2D eigenvalue weighted by Crippen LogP contribution is -2.36. The predicted octanol–water partition coefficient (Wildman–Crippen LogP) is 1.25. The maximum absolute atomic E-state index is 11.8. The van der Waals surface area contributed by atoms with Gasteiger partial charge in [-0.05, 0) is 39.3 Å². The molecule has 0 spiro atoms. The molecule has 88 valence electrons. The third kappa shape index (κ3) is 3.98. The summed E-state index contributed by atoms with van der Waals surface area (Å²) in [7, 11) is 0. The Kier molecular flexibility index (Phi) is 4.43. The van der Waals surface area contributed by atoms with Gasteiger partial charge >= 0.3 is 0 Å². The molecular formula is C12H19N3O. The van der Waals surface area contributed by atoms with E-state index in [0.717, 1.165) is 12.1 Å². The largest absolute Gasteiger partial charge is 0.350 e. The zero-order chi connectivity index (χ0) is 12.1. The topological polar surface area (TPSA) is 68.0 Å². The van der Waals surface area contributed by atoms with Crippen molar-refractivity contribution in [2.75, 3.05) is 0 Å². The van der Waals surface area contributed by atoms with Crippen molar-refractivity contribution in [3.63, 3.8) is 0 Å². The van der Waals surface area contributed by atoms with Gasteiger partial charge in [-0.25, -0.2) is 0 Å². The van der Waals surface area contributed by atoms with E-state index >= 15 is 0 Å². The van der Waals surface area contributed by atoms with Gasteiger partial charge in [0.2, 0.25) is 0 Å². The highest BCUT2D eigenvalue weighted by atomic mass is 16.1. The molecule has 16 heavy (non-hydrogen) atoms. The number of carbonyl (C=O) groups excluding carboxylic acids is 1. The summed E-state index contributed by atoms with van der Waals surface area (Å²) >= 11 is 0. The number of nitrogens with zero attached hydrogens (tertiary/aromatic N) is 1. The molecule has 0 saturated heterocycles. The zero-order valence-corrected chi connectivity index (χ0v) is 10.0. The van der Waals surface area contributed by atoms with Crippen molar-refractivity contribution in [1.82, 2.24) is 10.3 Å². The molecule has 1 aromatic rings. The Morgan fingerprint density at radius 1 is 1.56 bits per heavy atom. The maximum atomic E-state index is 11.8. The van der Waals surface area contributed by atoms with Gasteiger partial charge in [0.25, 0.3) is 5.91 Å². The first-order valence-corrected chi connectivity index (χ1v) is 5.48. The van der Waals surface area contributed by atoms with Crippen molar-refractivity contribution >= 4 is 5.91 Å². The number of nitrogens with one attached hydrogen (secondary N) is 1. The van der Waals surface area contributed by atoms with Gasteiger partial charge in [0.15, 0.2) is 0 Å². The van der Waals surface area contributed by atoms with E-state index in [0.29, 0.717) is 5.56 Å². The molecule has 1 rings (SSSR count). The molecule has 1 aromatic heterocycles. The van der Waals surface area contributed by atoms with Crippen molar-refractivity contribution in [3.8, 4) is 0 Å². The van der Waals surface area contributed by atoms with Crippen molar-refractivity contribution in [2.24, 2.45) is 5.73 Å². The average Bonchev–Trinajstić information content (AvgIpc) is 2.16. The van der Waals surface area contributed by atoms with Gasteiger partial charge < -0.3 is 11.1 Å². The van der Waals surface area contributed by atoms with Crippen LogP contribution in [0.25, 0.3) is 0 Å². The summed E-state index contributed by atoms with van der Waals surface area (Å²) in [6.45, 7) is 5.75. The summed E-state index contributed by atoms with van der Waals surface area (Å²) in [6, 6.07) is 3.66. The molecule has 0 aliphatic heterocycles. The van der Waals surface area contributed by atoms with Crippen LogP contribution in [0.4, 0.5) is 0 Å². The second kappa shape index (κ2) is 5.61. The van der Waals surface area contributed by atoms with E-state index in [9.17, 15) is 4.79 Å². The number of hydrogen-bond acceptors (Lipinski definition) is 3. The second-order valence-corrected chi connectivity index (χ2v) is 4.27. The highest BCUT2D eigenvalue weighted by molar-refractivity contribution is 5.94. The minimum Gasteiger partial charge on any atom is -0.350 e. The quantitative estimate of drug-likeness (QED) is 0.804. The molecule has 0 aliphatic carbocycles. The predicted molar refractivity (Wildman–Crippen MR) is 64.2 cm³/mol. The summed E-state index contributed by atoms with van der Waals surface area (Å²) in [5.74, 6) is -0.0707. The van der Waals surface area contributed by atoms with E-state index in [4.69, 9.17) is 5.73 Å². The first kappa shape index (κ1) is 12.6. The second-order valence-electron chi connectivity index (χ2n) is 4.27. The van der Waals surface area contributed by atoms with Crippen LogP contribution in [0.15, 0.2) is 18.3 Å². The van der Waals surface area contributed by atoms with E-state index < -0.39 is 0 Å². The van der Waals surface area contributed by atoms with Crippen LogP contribution in [0.3, 0.4) is 0 Å². The van der Waals surface area contributed by atoms with Crippen molar-refractivity contribution in [2.45, 2.75) is 39.3 Å². The smallest absolute Gasteiger partial charge is 0.251 e. The molecule has 0 fully saturated rings. The molecule has 2 unspecified atom stereocenters. The monoisotopic (exact) mass is 221 g/mol. The first-order chi connectivity index (χ1) is 7.49. The van der Waals surface area contributed by atoms with Crippen LogP contribution in [0.1, 0.15) is 36.3 Å². The molecule has 1 heterocycles. The summed E-state index contributed by atoms with van der Waals surface area (Å²) in [6.07, 6.45) is 2.41. The number of amides is 1. The number of pyridine rings is 1. The van der Waals surface area contributed by atoms with Crippen LogP contribution in [-0.2, 0) is 0 Å². The minimum absolute atomic E-state index is 0.0707. The van der Waals surface area contributed by atoms with Gasteiger partial charge in [-0.2, -0.15) is 0 Å². The van der Waals surface area contributed by atoms with Crippen LogP contribution in [0, 0.1) is 6.92 Å². The third-order valence-corrected chi connectivity index (χ3v) is 2.26. The number of aromatic nitrogens is 1. The molecule has 3 N–H and O–H groups in total. The molecule has 4 heteroatoms. The summed E-state index contributed by atoms with van der Waals surface area (Å²) in [4.78, 5) is 15.9. The first-order valence-electron chi connectivity index (χ1n) is 5.48. The Labute approximate surface area is 96.3 Å². The van der Waals surface area contributed by atoms with Crippen LogP contribution in [0.5, 0.6) is 0 Å². The van der Waals surface area contributed by atoms with E-state index in [2.05, 4.69) is 10.3 Å². The molecule has 4 nitrogen and oxygen atoms in total. The van der Waals surface area contributed by atoms with Gasteiger partial charge in [0, 0.05) is 29.5 Å². The van der Waals surface area contributed by atoms with Gasteiger partial charge in [-0.15, -0.1) is 0 Å². The fourth-order valence-corrected chi connectivity index (χ4v) is 1.61. The Hall–Kier alpha value is -1.42. The lowest BCUT2D eigenvalue weighted by Gasteiger charge is -2.15. The number of aryl methyl sites for hydroxylation is 1. The Morgan fingerprint density at radius 3 is 2.81 bits per heavy atom. The van der Waals surface area contributed by atoms with Gasteiger partial charge in [0.1, 0.15) is 0 Å². The molecule has 0 saturated carbocycles. The summed E-state index contributed by atoms with van der Waals surface area (Å²) in [5, 5.41) is 2.91. The molecule has 2 atom stereocenters. The van der Waals surface area contributed by atoms with Gasteiger partial charge in [-0.1, -0.05) is 0 Å². The van der Waals surface area contributed by atoms with E-state index in [1.807, 2.05) is 20.8 Å². The highest BCUT2D eigenvalue weighted by Crippen LogP contribution is 2.02. The van der Waals surface area contributed by atoms with Crippen molar-refractivity contribution < 1.29 is 4.79 Å². The third-order valence-electron chi connectivity index (χ3n) is 2.26. The van der Waals surface area contributed by atoms with Crippen LogP contribution < -0.4 is 11.1 Å². The number of nitrogens with two attached hydrogens (primary N) is 1. The summed E-state index contributed by atoms with van der Waals surface area (Å²) < 4.78 is 0. The Morgan fingerprint density at radius 2 is 2.25 bits per heavy atom. The number of rotatable bonds is 4. The zero-order valence-electron chi connectivity index (χ0n) is 10.0. The minimum atomic E-state index is -0.0707. The van der Waals surface area contributed by atoms with Crippen LogP contribution in [0.2, 0.25) is 0 Å². The van der Waals surface area contributed by atoms with Gasteiger partial charge in [0.05, 0.1) is 0 Å². The molecular weight excluding hydrogens is 202 g/mol. The lowest BCUT2D eigenvalue weighted by atomic mass is 10.1.